The van der Waals surface area contributed by atoms with Crippen LogP contribution in [0.5, 0.6) is 11.5 Å². The maximum Gasteiger partial charge on any atom is 0.157 e. The second-order valence-corrected chi connectivity index (χ2v) is 4.31. The molecule has 0 aromatic heterocycles. The van der Waals surface area contributed by atoms with Gasteiger partial charge in [-0.2, -0.15) is 0 Å². The molecule has 0 radical (unpaired) electrons. The molecule has 0 saturated carbocycles. The average Bonchev–Trinajstić information content (AvgIpc) is 2.41. The highest BCUT2D eigenvalue weighted by molar-refractivity contribution is 5.40. The van der Waals surface area contributed by atoms with Crippen LogP contribution in [0.4, 0.5) is 0 Å². The van der Waals surface area contributed by atoms with E-state index in [2.05, 4.69) is 5.32 Å². The Kier molecular flexibility index (Phi) is 7.97. The highest BCUT2D eigenvalue weighted by atomic mass is 16.5. The SMILES string of the molecule is COCCOCCCCNCc1ccc(O)c(O)c1. The molecule has 5 heteroatoms. The fourth-order valence-electron chi connectivity index (χ4n) is 1.61. The summed E-state index contributed by atoms with van der Waals surface area (Å²) in [6, 6.07) is 4.85. The zero-order valence-electron chi connectivity index (χ0n) is 11.4. The smallest absolute Gasteiger partial charge is 0.157 e. The zero-order chi connectivity index (χ0) is 13.9. The lowest BCUT2D eigenvalue weighted by Crippen LogP contribution is -2.15. The van der Waals surface area contributed by atoms with Gasteiger partial charge < -0.3 is 25.0 Å². The molecule has 1 rings (SSSR count). The summed E-state index contributed by atoms with van der Waals surface area (Å²) in [6.45, 7) is 3.62. The van der Waals surface area contributed by atoms with Crippen molar-refractivity contribution in [1.29, 1.82) is 0 Å². The lowest BCUT2D eigenvalue weighted by atomic mass is 10.2. The largest absolute Gasteiger partial charge is 0.504 e. The number of unbranched alkanes of at least 4 members (excludes halogenated alkanes) is 1. The molecule has 0 fully saturated rings. The quantitative estimate of drug-likeness (QED) is 0.445. The maximum absolute atomic E-state index is 9.34. The summed E-state index contributed by atoms with van der Waals surface area (Å²) in [4.78, 5) is 0. The minimum atomic E-state index is -0.0862. The molecular formula is C14H23NO4. The molecular weight excluding hydrogens is 246 g/mol. The number of phenolic OH excluding ortho intramolecular Hbond substituents is 2. The van der Waals surface area contributed by atoms with E-state index in [0.717, 1.165) is 31.6 Å². The van der Waals surface area contributed by atoms with Crippen molar-refractivity contribution in [3.63, 3.8) is 0 Å². The van der Waals surface area contributed by atoms with E-state index < -0.39 is 0 Å². The van der Waals surface area contributed by atoms with Gasteiger partial charge in [0.2, 0.25) is 0 Å². The van der Waals surface area contributed by atoms with Crippen LogP contribution in [0.1, 0.15) is 18.4 Å². The Balaban J connectivity index is 2.00. The Morgan fingerprint density at radius 3 is 2.63 bits per heavy atom. The van der Waals surface area contributed by atoms with Gasteiger partial charge in [-0.05, 0) is 37.1 Å². The number of phenols is 2. The molecule has 0 unspecified atom stereocenters. The molecule has 0 aliphatic heterocycles. The summed E-state index contributed by atoms with van der Waals surface area (Å²) in [7, 11) is 1.66. The van der Waals surface area contributed by atoms with Gasteiger partial charge in [0.15, 0.2) is 11.5 Å². The average molecular weight is 269 g/mol. The summed E-state index contributed by atoms with van der Waals surface area (Å²) in [5.41, 5.74) is 0.951. The number of methoxy groups -OCH3 is 1. The van der Waals surface area contributed by atoms with Crippen LogP contribution in [0.25, 0.3) is 0 Å². The van der Waals surface area contributed by atoms with Crippen molar-refractivity contribution < 1.29 is 19.7 Å². The Morgan fingerprint density at radius 1 is 1.05 bits per heavy atom. The third kappa shape index (κ3) is 7.00. The number of rotatable bonds is 10. The monoisotopic (exact) mass is 269 g/mol. The predicted octanol–water partition coefficient (Wildman–Crippen LogP) is 1.63. The predicted molar refractivity (Wildman–Crippen MR) is 73.4 cm³/mol. The van der Waals surface area contributed by atoms with Gasteiger partial charge in [0.05, 0.1) is 13.2 Å². The topological polar surface area (TPSA) is 71.0 Å². The summed E-state index contributed by atoms with van der Waals surface area (Å²) < 4.78 is 10.2. The Hall–Kier alpha value is -1.30. The van der Waals surface area contributed by atoms with Crippen LogP contribution < -0.4 is 5.32 Å². The molecule has 0 saturated heterocycles. The van der Waals surface area contributed by atoms with Gasteiger partial charge in [0.25, 0.3) is 0 Å². The molecule has 0 aliphatic rings. The molecule has 19 heavy (non-hydrogen) atoms. The van der Waals surface area contributed by atoms with Crippen molar-refractivity contribution in [1.82, 2.24) is 5.32 Å². The van der Waals surface area contributed by atoms with Crippen LogP contribution in [0, 0.1) is 0 Å². The Labute approximate surface area is 114 Å². The van der Waals surface area contributed by atoms with Gasteiger partial charge in [0, 0.05) is 20.3 Å². The van der Waals surface area contributed by atoms with Crippen LogP contribution in [-0.4, -0.2) is 43.7 Å². The number of aromatic hydroxyl groups is 2. The second-order valence-electron chi connectivity index (χ2n) is 4.31. The summed E-state index contributed by atoms with van der Waals surface area (Å²) in [5, 5.41) is 21.8. The number of ether oxygens (including phenoxy) is 2. The van der Waals surface area contributed by atoms with E-state index in [4.69, 9.17) is 9.47 Å². The second kappa shape index (κ2) is 9.61. The minimum absolute atomic E-state index is 0.0779. The van der Waals surface area contributed by atoms with Crippen molar-refractivity contribution >= 4 is 0 Å². The number of hydrogen-bond donors (Lipinski definition) is 3. The van der Waals surface area contributed by atoms with E-state index in [1.165, 1.54) is 6.07 Å². The molecule has 3 N–H and O–H groups in total. The van der Waals surface area contributed by atoms with Crippen LogP contribution in [0.3, 0.4) is 0 Å². The highest BCUT2D eigenvalue weighted by Gasteiger charge is 2.00. The Morgan fingerprint density at radius 2 is 1.89 bits per heavy atom. The van der Waals surface area contributed by atoms with E-state index >= 15 is 0 Å². The molecule has 0 bridgehead atoms. The first-order chi connectivity index (χ1) is 9.24. The first-order valence-electron chi connectivity index (χ1n) is 6.52. The third-order valence-electron chi connectivity index (χ3n) is 2.69. The summed E-state index contributed by atoms with van der Waals surface area (Å²) in [6.07, 6.45) is 2.05. The molecule has 0 aliphatic carbocycles. The first-order valence-corrected chi connectivity index (χ1v) is 6.52. The van der Waals surface area contributed by atoms with Crippen LogP contribution in [-0.2, 0) is 16.0 Å². The van der Waals surface area contributed by atoms with Crippen molar-refractivity contribution in [2.24, 2.45) is 0 Å². The van der Waals surface area contributed by atoms with Crippen molar-refractivity contribution in [3.05, 3.63) is 23.8 Å². The van der Waals surface area contributed by atoms with Crippen molar-refractivity contribution in [2.45, 2.75) is 19.4 Å². The molecule has 108 valence electrons. The molecule has 0 amide bonds. The highest BCUT2D eigenvalue weighted by Crippen LogP contribution is 2.24. The maximum atomic E-state index is 9.34. The lowest BCUT2D eigenvalue weighted by molar-refractivity contribution is 0.0688. The van der Waals surface area contributed by atoms with Gasteiger partial charge in [0.1, 0.15) is 0 Å². The van der Waals surface area contributed by atoms with Crippen molar-refractivity contribution in [3.8, 4) is 11.5 Å². The standard InChI is InChI=1S/C14H23NO4/c1-18-8-9-19-7-3-2-6-15-11-12-4-5-13(16)14(17)10-12/h4-5,10,15-17H,2-3,6-9,11H2,1H3. The van der Waals surface area contributed by atoms with E-state index in [1.807, 2.05) is 0 Å². The number of nitrogens with one attached hydrogen (secondary N) is 1. The number of hydrogen-bond acceptors (Lipinski definition) is 5. The zero-order valence-corrected chi connectivity index (χ0v) is 11.4. The van der Waals surface area contributed by atoms with Crippen molar-refractivity contribution in [2.75, 3.05) is 33.5 Å². The summed E-state index contributed by atoms with van der Waals surface area (Å²) in [5.74, 6) is -0.164. The van der Waals surface area contributed by atoms with E-state index in [0.29, 0.717) is 19.8 Å². The normalized spacial score (nSPS) is 10.8. The van der Waals surface area contributed by atoms with E-state index in [1.54, 1.807) is 19.2 Å². The fourth-order valence-corrected chi connectivity index (χ4v) is 1.61. The molecule has 0 spiro atoms. The van der Waals surface area contributed by atoms with Crippen LogP contribution in [0.15, 0.2) is 18.2 Å². The molecule has 0 heterocycles. The van der Waals surface area contributed by atoms with E-state index in [-0.39, 0.29) is 11.5 Å². The molecule has 1 aromatic rings. The lowest BCUT2D eigenvalue weighted by Gasteiger charge is -2.06. The molecule has 5 nitrogen and oxygen atoms in total. The third-order valence-corrected chi connectivity index (χ3v) is 2.69. The van der Waals surface area contributed by atoms with Gasteiger partial charge in [-0.15, -0.1) is 0 Å². The first kappa shape index (κ1) is 15.8. The van der Waals surface area contributed by atoms with Crippen LogP contribution >= 0.6 is 0 Å². The number of benzene rings is 1. The Bertz CT molecular complexity index is 357. The van der Waals surface area contributed by atoms with E-state index in [9.17, 15) is 10.2 Å². The van der Waals surface area contributed by atoms with Gasteiger partial charge in [-0.3, -0.25) is 0 Å². The fraction of sp³-hybridized carbons (Fsp3) is 0.571. The van der Waals surface area contributed by atoms with Gasteiger partial charge >= 0.3 is 0 Å². The van der Waals surface area contributed by atoms with Gasteiger partial charge in [-0.1, -0.05) is 6.07 Å². The summed E-state index contributed by atoms with van der Waals surface area (Å²) >= 11 is 0. The molecule has 1 aromatic carbocycles. The minimum Gasteiger partial charge on any atom is -0.504 e. The van der Waals surface area contributed by atoms with Gasteiger partial charge in [-0.25, -0.2) is 0 Å². The molecule has 0 atom stereocenters. The van der Waals surface area contributed by atoms with Crippen LogP contribution in [0.2, 0.25) is 0 Å².